The molecule has 5 heterocycles. The molecule has 0 atom stereocenters. The lowest BCUT2D eigenvalue weighted by Crippen LogP contribution is -2.44. The van der Waals surface area contributed by atoms with Crippen LogP contribution in [-0.4, -0.2) is 71.4 Å². The third-order valence-corrected chi connectivity index (χ3v) is 8.34. The number of piperidine rings is 1. The normalized spacial score (nSPS) is 19.1. The third-order valence-electron chi connectivity index (χ3n) is 8.34. The van der Waals surface area contributed by atoms with E-state index >= 15 is 0 Å². The van der Waals surface area contributed by atoms with Crippen molar-refractivity contribution >= 4 is 29.4 Å². The molecule has 40 heavy (non-hydrogen) atoms. The Morgan fingerprint density at radius 3 is 2.67 bits per heavy atom. The van der Waals surface area contributed by atoms with Crippen molar-refractivity contribution in [2.24, 2.45) is 5.92 Å². The minimum Gasteiger partial charge on any atom is -0.353 e. The minimum atomic E-state index is 0.731. The lowest BCUT2D eigenvalue weighted by atomic mass is 9.89. The van der Waals surface area contributed by atoms with Gasteiger partial charge in [0.25, 0.3) is 0 Å². The number of hydrogen-bond acceptors (Lipinski definition) is 5. The van der Waals surface area contributed by atoms with Crippen LogP contribution in [0.5, 0.6) is 0 Å². The van der Waals surface area contributed by atoms with Gasteiger partial charge >= 0.3 is 0 Å². The molecule has 0 bridgehead atoms. The highest BCUT2D eigenvalue weighted by Gasteiger charge is 2.19. The molecule has 0 spiro atoms. The zero-order valence-corrected chi connectivity index (χ0v) is 24.3. The van der Waals surface area contributed by atoms with Gasteiger partial charge in [0.15, 0.2) is 0 Å². The summed E-state index contributed by atoms with van der Waals surface area (Å²) in [7, 11) is 2.17. The number of rotatable bonds is 8. The first-order valence-corrected chi connectivity index (χ1v) is 14.5. The van der Waals surface area contributed by atoms with E-state index in [2.05, 4.69) is 94.7 Å². The van der Waals surface area contributed by atoms with Crippen molar-refractivity contribution in [3.8, 4) is 11.4 Å². The molecule has 0 unspecified atom stereocenters. The fraction of sp³-hybridized carbons (Fsp3) is 0.394. The number of piperazine rings is 1. The van der Waals surface area contributed by atoms with Crippen LogP contribution in [0.1, 0.15) is 33.1 Å². The van der Waals surface area contributed by atoms with Gasteiger partial charge in [-0.25, -0.2) is 4.98 Å². The summed E-state index contributed by atoms with van der Waals surface area (Å²) in [5.74, 6) is 1.76. The number of anilines is 1. The first-order chi connectivity index (χ1) is 19.5. The highest BCUT2D eigenvalue weighted by atomic mass is 15.3. The van der Waals surface area contributed by atoms with Crippen LogP contribution in [0.25, 0.3) is 34.9 Å². The number of allylic oxidation sites excluding steroid dienone is 7. The van der Waals surface area contributed by atoms with E-state index in [1.165, 1.54) is 29.6 Å². The van der Waals surface area contributed by atoms with Crippen LogP contribution in [-0.2, 0) is 0 Å². The van der Waals surface area contributed by atoms with Crippen molar-refractivity contribution in [2.75, 3.05) is 51.2 Å². The Balaban J connectivity index is 1.37. The SMILES string of the molecule is C=C\C(=C/C(=C\C)C(/C)=C/C=c1/[nH]nc(-c2cc3c(N4CCN(C)CC4)nccc3[nH]2)c1=C)CC1CCNCC1. The summed E-state index contributed by atoms with van der Waals surface area (Å²) in [6.45, 7) is 19.0. The number of aromatic nitrogens is 4. The van der Waals surface area contributed by atoms with Crippen molar-refractivity contribution in [3.05, 3.63) is 76.5 Å². The molecule has 7 nitrogen and oxygen atoms in total. The van der Waals surface area contributed by atoms with Gasteiger partial charge in [-0.05, 0) is 94.1 Å². The maximum atomic E-state index is 4.73. The van der Waals surface area contributed by atoms with E-state index < -0.39 is 0 Å². The van der Waals surface area contributed by atoms with Crippen LogP contribution in [0.15, 0.2) is 65.9 Å². The fourth-order valence-corrected chi connectivity index (χ4v) is 5.73. The van der Waals surface area contributed by atoms with E-state index in [0.29, 0.717) is 0 Å². The van der Waals surface area contributed by atoms with Crippen LogP contribution >= 0.6 is 0 Å². The largest absolute Gasteiger partial charge is 0.353 e. The van der Waals surface area contributed by atoms with Crippen LogP contribution in [0.2, 0.25) is 0 Å². The van der Waals surface area contributed by atoms with Crippen molar-refractivity contribution < 1.29 is 0 Å². The van der Waals surface area contributed by atoms with Crippen LogP contribution in [0.4, 0.5) is 5.82 Å². The summed E-state index contributed by atoms with van der Waals surface area (Å²) in [6, 6.07) is 4.19. The molecule has 0 aliphatic carbocycles. The van der Waals surface area contributed by atoms with Crippen molar-refractivity contribution in [1.82, 2.24) is 30.4 Å². The number of likely N-dealkylation sites (N-methyl/N-ethyl adjacent to an activating group) is 1. The fourth-order valence-electron chi connectivity index (χ4n) is 5.73. The molecule has 3 aromatic rings. The summed E-state index contributed by atoms with van der Waals surface area (Å²) < 4.78 is 0. The molecule has 2 aliphatic rings. The first kappa shape index (κ1) is 27.9. The maximum absolute atomic E-state index is 4.73. The number of nitrogens with zero attached hydrogens (tertiary/aromatic N) is 4. The zero-order chi connectivity index (χ0) is 28.1. The second-order valence-electron chi connectivity index (χ2n) is 11.1. The second-order valence-corrected chi connectivity index (χ2v) is 11.1. The lowest BCUT2D eigenvalue weighted by Gasteiger charge is -2.33. The number of aromatic amines is 2. The van der Waals surface area contributed by atoms with Crippen LogP contribution in [0, 0.1) is 5.92 Å². The predicted octanol–water partition coefficient (Wildman–Crippen LogP) is 4.29. The summed E-state index contributed by atoms with van der Waals surface area (Å²) >= 11 is 0. The van der Waals surface area contributed by atoms with Gasteiger partial charge in [-0.1, -0.05) is 37.5 Å². The lowest BCUT2D eigenvalue weighted by molar-refractivity contribution is 0.312. The molecule has 210 valence electrons. The van der Waals surface area contributed by atoms with Gasteiger partial charge in [-0.2, -0.15) is 5.10 Å². The van der Waals surface area contributed by atoms with Crippen molar-refractivity contribution in [1.29, 1.82) is 0 Å². The van der Waals surface area contributed by atoms with Gasteiger partial charge in [0, 0.05) is 43.0 Å². The number of H-pyrrole nitrogens is 2. The number of fused-ring (bicyclic) bond motifs is 1. The number of nitrogens with one attached hydrogen (secondary N) is 3. The van der Waals surface area contributed by atoms with E-state index in [9.17, 15) is 0 Å². The zero-order valence-electron chi connectivity index (χ0n) is 24.3. The Morgan fingerprint density at radius 1 is 1.18 bits per heavy atom. The standard InChI is InChI=1S/C33H43N7/c1-6-25(20-26-10-13-34-14-11-26)21-27(7-2)23(3)8-9-29-24(4)32(38-37-29)31-22-28-30(36-31)12-15-35-33(28)40-18-16-39(5)17-19-40/h6-9,12,15,21-22,26,34,36-37H,1,4,10-11,13-14,16-20H2,2-3,5H3/b23-8+,25-21+,27-7+,29-9+. The summed E-state index contributed by atoms with van der Waals surface area (Å²) in [5.41, 5.74) is 6.56. The molecule has 0 aromatic carbocycles. The topological polar surface area (TPSA) is 75.9 Å². The molecule has 0 radical (unpaired) electrons. The molecule has 5 rings (SSSR count). The molecule has 2 aliphatic heterocycles. The highest BCUT2D eigenvalue weighted by Crippen LogP contribution is 2.29. The Bertz CT molecular complexity index is 1540. The van der Waals surface area contributed by atoms with E-state index in [-0.39, 0.29) is 0 Å². The van der Waals surface area contributed by atoms with E-state index in [0.717, 1.165) is 90.3 Å². The van der Waals surface area contributed by atoms with Gasteiger partial charge < -0.3 is 20.1 Å². The van der Waals surface area contributed by atoms with Crippen molar-refractivity contribution in [2.45, 2.75) is 33.1 Å². The minimum absolute atomic E-state index is 0.731. The van der Waals surface area contributed by atoms with Gasteiger partial charge in [0.1, 0.15) is 11.5 Å². The average Bonchev–Trinajstić information content (AvgIpc) is 3.57. The molecule has 2 saturated heterocycles. The maximum Gasteiger partial charge on any atom is 0.138 e. The molecule has 0 saturated carbocycles. The smallest absolute Gasteiger partial charge is 0.138 e. The Kier molecular flexibility index (Phi) is 8.82. The molecular formula is C33H43N7. The van der Waals surface area contributed by atoms with Crippen molar-refractivity contribution in [3.63, 3.8) is 0 Å². The molecule has 3 aromatic heterocycles. The Morgan fingerprint density at radius 2 is 1.95 bits per heavy atom. The monoisotopic (exact) mass is 537 g/mol. The van der Waals surface area contributed by atoms with Crippen LogP contribution in [0.3, 0.4) is 0 Å². The Hall–Kier alpha value is -3.68. The summed E-state index contributed by atoms with van der Waals surface area (Å²) in [4.78, 5) is 13.0. The van der Waals surface area contributed by atoms with Crippen LogP contribution < -0.4 is 20.8 Å². The first-order valence-electron chi connectivity index (χ1n) is 14.5. The molecule has 0 amide bonds. The molecule has 7 heteroatoms. The quantitative estimate of drug-likeness (QED) is 0.374. The third kappa shape index (κ3) is 6.21. The predicted molar refractivity (Wildman–Crippen MR) is 169 cm³/mol. The van der Waals surface area contributed by atoms with Gasteiger partial charge in [0.05, 0.1) is 16.6 Å². The molecular weight excluding hydrogens is 494 g/mol. The highest BCUT2D eigenvalue weighted by molar-refractivity contribution is 5.94. The second kappa shape index (κ2) is 12.7. The van der Waals surface area contributed by atoms with E-state index in [1.807, 2.05) is 18.3 Å². The van der Waals surface area contributed by atoms with E-state index in [4.69, 9.17) is 4.98 Å². The average molecular weight is 538 g/mol. The van der Waals surface area contributed by atoms with Gasteiger partial charge in [-0.15, -0.1) is 0 Å². The molecule has 2 fully saturated rings. The summed E-state index contributed by atoms with van der Waals surface area (Å²) in [6.07, 6.45) is 16.1. The Labute approximate surface area is 237 Å². The number of hydrogen-bond donors (Lipinski definition) is 3. The van der Waals surface area contributed by atoms with Gasteiger partial charge in [0.2, 0.25) is 0 Å². The van der Waals surface area contributed by atoms with Gasteiger partial charge in [-0.3, -0.25) is 5.10 Å². The number of pyridine rings is 1. The van der Waals surface area contributed by atoms with E-state index in [1.54, 1.807) is 0 Å². The summed E-state index contributed by atoms with van der Waals surface area (Å²) in [5, 5.41) is 14.2. The molecule has 3 N–H and O–H groups in total.